The summed E-state index contributed by atoms with van der Waals surface area (Å²) in [5.41, 5.74) is 0.998. The van der Waals surface area contributed by atoms with Gasteiger partial charge in [0.05, 0.1) is 12.5 Å². The van der Waals surface area contributed by atoms with Crippen LogP contribution in [0.15, 0.2) is 12.3 Å². The molecule has 1 saturated heterocycles. The highest BCUT2D eigenvalue weighted by Gasteiger charge is 2.35. The quantitative estimate of drug-likeness (QED) is 0.701. The van der Waals surface area contributed by atoms with E-state index in [1.54, 1.807) is 6.20 Å². The molecule has 2 rings (SSSR count). The molecular formula is C10H15N3O2. The van der Waals surface area contributed by atoms with Gasteiger partial charge in [-0.05, 0) is 13.0 Å². The Morgan fingerprint density at radius 2 is 2.53 bits per heavy atom. The van der Waals surface area contributed by atoms with Crippen LogP contribution in [0.1, 0.15) is 18.5 Å². The molecule has 5 heteroatoms. The molecule has 1 aliphatic rings. The molecular weight excluding hydrogens is 194 g/mol. The van der Waals surface area contributed by atoms with E-state index in [1.807, 2.05) is 13.0 Å². The molecule has 1 aromatic rings. The van der Waals surface area contributed by atoms with Crippen molar-refractivity contribution < 1.29 is 9.53 Å². The van der Waals surface area contributed by atoms with Crippen LogP contribution in [0.2, 0.25) is 0 Å². The van der Waals surface area contributed by atoms with Crippen LogP contribution in [0, 0.1) is 5.92 Å². The van der Waals surface area contributed by atoms with E-state index in [9.17, 15) is 4.79 Å². The van der Waals surface area contributed by atoms with Gasteiger partial charge in [0, 0.05) is 30.9 Å². The Morgan fingerprint density at radius 1 is 1.67 bits per heavy atom. The van der Waals surface area contributed by atoms with Crippen LogP contribution in [-0.4, -0.2) is 35.9 Å². The molecule has 0 spiro atoms. The Bertz CT molecular complexity index is 323. The standard InChI is InChI=1S/C10H15N3O2/c1-2-15-10(14)8-6-11-5-7(8)9-3-4-12-13-9/h3-4,7-8,11H,2,5-6H2,1H3,(H,12,13). The van der Waals surface area contributed by atoms with Crippen LogP contribution in [-0.2, 0) is 9.53 Å². The van der Waals surface area contributed by atoms with E-state index in [4.69, 9.17) is 4.74 Å². The lowest BCUT2D eigenvalue weighted by molar-refractivity contribution is -0.147. The predicted octanol–water partition coefficient (Wildman–Crippen LogP) is 0.276. The number of esters is 1. The Hall–Kier alpha value is -1.36. The van der Waals surface area contributed by atoms with Gasteiger partial charge in [0.2, 0.25) is 0 Å². The number of carbonyl (C=O) groups excluding carboxylic acids is 1. The summed E-state index contributed by atoms with van der Waals surface area (Å²) in [5.74, 6) is -0.0564. The molecule has 0 amide bonds. The SMILES string of the molecule is CCOC(=O)C1CNCC1c1ccn[nH]1. The normalized spacial score (nSPS) is 25.4. The summed E-state index contributed by atoms with van der Waals surface area (Å²) in [4.78, 5) is 11.7. The summed E-state index contributed by atoms with van der Waals surface area (Å²) in [5, 5.41) is 10.0. The largest absolute Gasteiger partial charge is 0.466 e. The number of nitrogens with zero attached hydrogens (tertiary/aromatic N) is 1. The summed E-state index contributed by atoms with van der Waals surface area (Å²) in [6, 6.07) is 1.91. The molecule has 2 unspecified atom stereocenters. The number of hydrogen-bond acceptors (Lipinski definition) is 4. The van der Waals surface area contributed by atoms with Gasteiger partial charge in [0.25, 0.3) is 0 Å². The third kappa shape index (κ3) is 2.02. The monoisotopic (exact) mass is 209 g/mol. The molecule has 0 bridgehead atoms. The molecule has 0 radical (unpaired) electrons. The number of nitrogens with one attached hydrogen (secondary N) is 2. The summed E-state index contributed by atoms with van der Waals surface area (Å²) < 4.78 is 5.04. The highest BCUT2D eigenvalue weighted by atomic mass is 16.5. The van der Waals surface area contributed by atoms with Crippen LogP contribution in [0.4, 0.5) is 0 Å². The zero-order chi connectivity index (χ0) is 10.7. The Balaban J connectivity index is 2.08. The lowest BCUT2D eigenvalue weighted by atomic mass is 9.93. The fourth-order valence-electron chi connectivity index (χ4n) is 1.98. The van der Waals surface area contributed by atoms with Crippen LogP contribution < -0.4 is 5.32 Å². The minimum absolute atomic E-state index is 0.0922. The molecule has 82 valence electrons. The predicted molar refractivity (Wildman–Crippen MR) is 54.3 cm³/mol. The Kier molecular flexibility index (Phi) is 3.01. The molecule has 2 atom stereocenters. The van der Waals surface area contributed by atoms with Crippen molar-refractivity contribution in [2.45, 2.75) is 12.8 Å². The first kappa shape index (κ1) is 10.2. The molecule has 0 aliphatic carbocycles. The van der Waals surface area contributed by atoms with E-state index in [0.717, 1.165) is 12.2 Å². The zero-order valence-electron chi connectivity index (χ0n) is 8.69. The van der Waals surface area contributed by atoms with Crippen molar-refractivity contribution in [3.8, 4) is 0 Å². The van der Waals surface area contributed by atoms with Crippen LogP contribution in [0.25, 0.3) is 0 Å². The van der Waals surface area contributed by atoms with Gasteiger partial charge in [-0.2, -0.15) is 5.10 Å². The lowest BCUT2D eigenvalue weighted by Gasteiger charge is -2.15. The summed E-state index contributed by atoms with van der Waals surface area (Å²) in [7, 11) is 0. The number of H-pyrrole nitrogens is 1. The molecule has 1 fully saturated rings. The van der Waals surface area contributed by atoms with Gasteiger partial charge in [-0.25, -0.2) is 0 Å². The van der Waals surface area contributed by atoms with E-state index in [0.29, 0.717) is 13.2 Å². The van der Waals surface area contributed by atoms with Crippen molar-refractivity contribution in [1.29, 1.82) is 0 Å². The average molecular weight is 209 g/mol. The van der Waals surface area contributed by atoms with Gasteiger partial charge in [-0.3, -0.25) is 9.89 Å². The van der Waals surface area contributed by atoms with E-state index in [1.165, 1.54) is 0 Å². The van der Waals surface area contributed by atoms with Crippen LogP contribution in [0.5, 0.6) is 0 Å². The number of rotatable bonds is 3. The van der Waals surface area contributed by atoms with Crippen molar-refractivity contribution in [2.24, 2.45) is 5.92 Å². The Morgan fingerprint density at radius 3 is 3.20 bits per heavy atom. The minimum Gasteiger partial charge on any atom is -0.466 e. The first-order valence-corrected chi connectivity index (χ1v) is 5.19. The van der Waals surface area contributed by atoms with Crippen molar-refractivity contribution >= 4 is 5.97 Å². The average Bonchev–Trinajstić information content (AvgIpc) is 2.88. The van der Waals surface area contributed by atoms with E-state index >= 15 is 0 Å². The topological polar surface area (TPSA) is 67.0 Å². The fraction of sp³-hybridized carbons (Fsp3) is 0.600. The van der Waals surface area contributed by atoms with Crippen LogP contribution in [0.3, 0.4) is 0 Å². The first-order valence-electron chi connectivity index (χ1n) is 5.19. The van der Waals surface area contributed by atoms with E-state index in [2.05, 4.69) is 15.5 Å². The van der Waals surface area contributed by atoms with Crippen molar-refractivity contribution in [2.75, 3.05) is 19.7 Å². The summed E-state index contributed by atoms with van der Waals surface area (Å²) in [6.07, 6.45) is 1.70. The van der Waals surface area contributed by atoms with E-state index < -0.39 is 0 Å². The van der Waals surface area contributed by atoms with E-state index in [-0.39, 0.29) is 17.8 Å². The molecule has 1 aliphatic heterocycles. The summed E-state index contributed by atoms with van der Waals surface area (Å²) in [6.45, 7) is 3.74. The number of hydrogen-bond donors (Lipinski definition) is 2. The Labute approximate surface area is 88.2 Å². The smallest absolute Gasteiger partial charge is 0.310 e. The van der Waals surface area contributed by atoms with Crippen molar-refractivity contribution in [1.82, 2.24) is 15.5 Å². The minimum atomic E-state index is -0.123. The second kappa shape index (κ2) is 4.44. The molecule has 0 aromatic carbocycles. The fourth-order valence-corrected chi connectivity index (χ4v) is 1.98. The highest BCUT2D eigenvalue weighted by Crippen LogP contribution is 2.27. The van der Waals surface area contributed by atoms with Gasteiger partial charge in [0.15, 0.2) is 0 Å². The third-order valence-electron chi connectivity index (χ3n) is 2.73. The molecule has 2 N–H and O–H groups in total. The number of aromatic nitrogens is 2. The third-order valence-corrected chi connectivity index (χ3v) is 2.73. The van der Waals surface area contributed by atoms with Gasteiger partial charge in [-0.15, -0.1) is 0 Å². The molecule has 0 saturated carbocycles. The van der Waals surface area contributed by atoms with Crippen molar-refractivity contribution in [3.05, 3.63) is 18.0 Å². The van der Waals surface area contributed by atoms with Gasteiger partial charge in [0.1, 0.15) is 0 Å². The van der Waals surface area contributed by atoms with Crippen molar-refractivity contribution in [3.63, 3.8) is 0 Å². The molecule has 2 heterocycles. The molecule has 15 heavy (non-hydrogen) atoms. The first-order chi connectivity index (χ1) is 7.33. The number of carbonyl (C=O) groups is 1. The maximum Gasteiger partial charge on any atom is 0.310 e. The van der Waals surface area contributed by atoms with Gasteiger partial charge in [-0.1, -0.05) is 0 Å². The zero-order valence-corrected chi connectivity index (χ0v) is 8.69. The second-order valence-corrected chi connectivity index (χ2v) is 3.64. The van der Waals surface area contributed by atoms with Gasteiger partial charge < -0.3 is 10.1 Å². The highest BCUT2D eigenvalue weighted by molar-refractivity contribution is 5.74. The molecule has 5 nitrogen and oxygen atoms in total. The number of ether oxygens (including phenoxy) is 1. The second-order valence-electron chi connectivity index (χ2n) is 3.64. The molecule has 1 aromatic heterocycles. The number of aromatic amines is 1. The lowest BCUT2D eigenvalue weighted by Crippen LogP contribution is -2.24. The maximum absolute atomic E-state index is 11.7. The summed E-state index contributed by atoms with van der Waals surface area (Å²) >= 11 is 0. The van der Waals surface area contributed by atoms with Gasteiger partial charge >= 0.3 is 5.97 Å². The van der Waals surface area contributed by atoms with Crippen LogP contribution >= 0.6 is 0 Å². The maximum atomic E-state index is 11.7.